The fourth-order valence-electron chi connectivity index (χ4n) is 2.71. The van der Waals surface area contributed by atoms with Crippen LogP contribution in [0.1, 0.15) is 17.3 Å². The Labute approximate surface area is 144 Å². The van der Waals surface area contributed by atoms with E-state index >= 15 is 0 Å². The Bertz CT molecular complexity index is 858. The van der Waals surface area contributed by atoms with Crippen molar-refractivity contribution in [2.75, 3.05) is 26.2 Å². The molecule has 0 aliphatic carbocycles. The third kappa shape index (κ3) is 3.40. The lowest BCUT2D eigenvalue weighted by Crippen LogP contribution is -2.50. The van der Waals surface area contributed by atoms with Gasteiger partial charge in [0.25, 0.3) is 15.9 Å². The second kappa shape index (κ2) is 6.89. The van der Waals surface area contributed by atoms with E-state index in [1.807, 2.05) is 0 Å². The van der Waals surface area contributed by atoms with Gasteiger partial charge >= 0.3 is 0 Å². The van der Waals surface area contributed by atoms with Gasteiger partial charge in [0, 0.05) is 38.3 Å². The summed E-state index contributed by atoms with van der Waals surface area (Å²) in [6.07, 6.45) is 1.23. The van der Waals surface area contributed by atoms with E-state index in [0.717, 1.165) is 0 Å². The van der Waals surface area contributed by atoms with Gasteiger partial charge in [-0.2, -0.15) is 4.31 Å². The molecule has 1 aliphatic heterocycles. The van der Waals surface area contributed by atoms with E-state index < -0.39 is 15.8 Å². The molecule has 8 nitrogen and oxygen atoms in total. The Morgan fingerprint density at radius 1 is 1.16 bits per heavy atom. The topological polar surface area (TPSA) is 88.4 Å². The number of amides is 1. The van der Waals surface area contributed by atoms with Crippen molar-refractivity contribution in [1.29, 1.82) is 0 Å². The highest BCUT2D eigenvalue weighted by Gasteiger charge is 2.32. The summed E-state index contributed by atoms with van der Waals surface area (Å²) in [5.74, 6) is -0.647. The summed E-state index contributed by atoms with van der Waals surface area (Å²) in [4.78, 5) is 14.0. The highest BCUT2D eigenvalue weighted by Crippen LogP contribution is 2.18. The van der Waals surface area contributed by atoms with E-state index in [9.17, 15) is 17.6 Å². The number of piperazine rings is 1. The van der Waals surface area contributed by atoms with Gasteiger partial charge in [-0.1, -0.05) is 5.21 Å². The second-order valence-electron chi connectivity index (χ2n) is 5.59. The molecule has 1 fully saturated rings. The van der Waals surface area contributed by atoms with Crippen molar-refractivity contribution >= 4 is 15.9 Å². The number of hydrogen-bond donors (Lipinski definition) is 0. The van der Waals surface area contributed by atoms with Gasteiger partial charge in [-0.25, -0.2) is 17.5 Å². The summed E-state index contributed by atoms with van der Waals surface area (Å²) < 4.78 is 41.0. The van der Waals surface area contributed by atoms with Crippen LogP contribution in [0.4, 0.5) is 4.39 Å². The summed E-state index contributed by atoms with van der Waals surface area (Å²) in [6.45, 7) is 3.09. The van der Waals surface area contributed by atoms with Crippen molar-refractivity contribution < 1.29 is 17.6 Å². The predicted molar refractivity (Wildman–Crippen MR) is 86.8 cm³/mol. The molecule has 1 aromatic carbocycles. The lowest BCUT2D eigenvalue weighted by Gasteiger charge is -2.33. The monoisotopic (exact) mass is 367 g/mol. The van der Waals surface area contributed by atoms with E-state index in [-0.39, 0.29) is 37.1 Å². The molecule has 0 spiro atoms. The number of sulfonamides is 1. The first-order valence-electron chi connectivity index (χ1n) is 7.87. The zero-order valence-corrected chi connectivity index (χ0v) is 14.5. The molecule has 25 heavy (non-hydrogen) atoms. The van der Waals surface area contributed by atoms with Gasteiger partial charge in [-0.15, -0.1) is 5.10 Å². The molecular formula is C15H18FN5O3S. The van der Waals surface area contributed by atoms with Gasteiger partial charge < -0.3 is 4.90 Å². The van der Waals surface area contributed by atoms with Crippen molar-refractivity contribution in [2.24, 2.45) is 0 Å². The maximum atomic E-state index is 13.0. The fourth-order valence-corrected chi connectivity index (χ4v) is 4.23. The van der Waals surface area contributed by atoms with Crippen LogP contribution in [0.5, 0.6) is 0 Å². The minimum Gasteiger partial charge on any atom is -0.336 e. The molecular weight excluding hydrogens is 349 g/mol. The zero-order valence-electron chi connectivity index (χ0n) is 13.7. The standard InChI is InChI=1S/C15H18FN5O3S/c1-2-21-14(11-17-18-21)25(23,24)20-9-7-19(8-10-20)15(22)12-3-5-13(16)6-4-12/h3-6,11H,2,7-10H2,1H3. The Kier molecular flexibility index (Phi) is 4.82. The average molecular weight is 367 g/mol. The lowest BCUT2D eigenvalue weighted by atomic mass is 10.2. The van der Waals surface area contributed by atoms with Crippen LogP contribution in [-0.4, -0.2) is 64.7 Å². The zero-order chi connectivity index (χ0) is 18.0. The third-order valence-corrected chi connectivity index (χ3v) is 5.99. The molecule has 0 bridgehead atoms. The summed E-state index contributed by atoms with van der Waals surface area (Å²) >= 11 is 0. The number of aryl methyl sites for hydroxylation is 1. The van der Waals surface area contributed by atoms with Crippen LogP contribution in [0, 0.1) is 5.82 Å². The first kappa shape index (κ1) is 17.5. The van der Waals surface area contributed by atoms with Gasteiger partial charge in [0.1, 0.15) is 5.82 Å². The highest BCUT2D eigenvalue weighted by molar-refractivity contribution is 7.89. The largest absolute Gasteiger partial charge is 0.336 e. The van der Waals surface area contributed by atoms with Crippen LogP contribution < -0.4 is 0 Å². The maximum Gasteiger partial charge on any atom is 0.261 e. The highest BCUT2D eigenvalue weighted by atomic mass is 32.2. The molecule has 2 heterocycles. The number of aromatic nitrogens is 3. The van der Waals surface area contributed by atoms with Gasteiger partial charge in [0.2, 0.25) is 0 Å². The van der Waals surface area contributed by atoms with E-state index in [1.165, 1.54) is 39.4 Å². The van der Waals surface area contributed by atoms with Crippen molar-refractivity contribution in [3.63, 3.8) is 0 Å². The van der Waals surface area contributed by atoms with Crippen LogP contribution in [0.25, 0.3) is 0 Å². The predicted octanol–water partition coefficient (Wildman–Crippen LogP) is 0.584. The lowest BCUT2D eigenvalue weighted by molar-refractivity contribution is 0.0697. The maximum absolute atomic E-state index is 13.0. The molecule has 0 unspecified atom stereocenters. The third-order valence-electron chi connectivity index (χ3n) is 4.10. The summed E-state index contributed by atoms with van der Waals surface area (Å²) in [7, 11) is -3.70. The van der Waals surface area contributed by atoms with Gasteiger partial charge in [-0.3, -0.25) is 4.79 Å². The second-order valence-corrected chi connectivity index (χ2v) is 7.48. The Balaban J connectivity index is 1.69. The molecule has 1 saturated heterocycles. The van der Waals surface area contributed by atoms with Gasteiger partial charge in [0.05, 0.1) is 6.20 Å². The number of carbonyl (C=O) groups is 1. The number of halogens is 1. The fraction of sp³-hybridized carbons (Fsp3) is 0.400. The average Bonchev–Trinajstić information content (AvgIpc) is 3.11. The number of hydrogen-bond acceptors (Lipinski definition) is 5. The van der Waals surface area contributed by atoms with E-state index in [2.05, 4.69) is 10.3 Å². The molecule has 134 valence electrons. The number of carbonyl (C=O) groups excluding carboxylic acids is 1. The Hall–Kier alpha value is -2.33. The van der Waals surface area contributed by atoms with Crippen molar-refractivity contribution in [2.45, 2.75) is 18.5 Å². The molecule has 1 amide bonds. The number of rotatable bonds is 4. The molecule has 0 atom stereocenters. The quantitative estimate of drug-likeness (QED) is 0.789. The minimum atomic E-state index is -3.70. The van der Waals surface area contributed by atoms with Crippen LogP contribution in [0.2, 0.25) is 0 Å². The van der Waals surface area contributed by atoms with E-state index in [4.69, 9.17) is 0 Å². The Morgan fingerprint density at radius 3 is 2.40 bits per heavy atom. The SMILES string of the molecule is CCn1nncc1S(=O)(=O)N1CCN(C(=O)c2ccc(F)cc2)CC1. The molecule has 1 aliphatic rings. The molecule has 3 rings (SSSR count). The van der Waals surface area contributed by atoms with Crippen molar-refractivity contribution in [1.82, 2.24) is 24.2 Å². The molecule has 0 radical (unpaired) electrons. The number of nitrogens with zero attached hydrogens (tertiary/aromatic N) is 5. The molecule has 0 N–H and O–H groups in total. The van der Waals surface area contributed by atoms with Crippen molar-refractivity contribution in [3.05, 3.63) is 41.8 Å². The first-order chi connectivity index (χ1) is 11.9. The van der Waals surface area contributed by atoms with Crippen LogP contribution >= 0.6 is 0 Å². The number of benzene rings is 1. The molecule has 2 aromatic rings. The summed E-state index contributed by atoms with van der Waals surface area (Å²) in [5, 5.41) is 7.46. The van der Waals surface area contributed by atoms with E-state index in [0.29, 0.717) is 12.1 Å². The minimum absolute atomic E-state index is 0.0494. The summed E-state index contributed by atoms with van der Waals surface area (Å²) in [5.41, 5.74) is 0.381. The van der Waals surface area contributed by atoms with Crippen LogP contribution in [-0.2, 0) is 16.6 Å². The Morgan fingerprint density at radius 2 is 1.80 bits per heavy atom. The normalized spacial score (nSPS) is 16.2. The van der Waals surface area contributed by atoms with Crippen LogP contribution in [0.15, 0.2) is 35.5 Å². The molecule has 10 heteroatoms. The van der Waals surface area contributed by atoms with Crippen LogP contribution in [0.3, 0.4) is 0 Å². The first-order valence-corrected chi connectivity index (χ1v) is 9.31. The van der Waals surface area contributed by atoms with Crippen molar-refractivity contribution in [3.8, 4) is 0 Å². The summed E-state index contributed by atoms with van der Waals surface area (Å²) in [6, 6.07) is 5.30. The van der Waals surface area contributed by atoms with Gasteiger partial charge in [0.15, 0.2) is 5.03 Å². The van der Waals surface area contributed by atoms with E-state index in [1.54, 1.807) is 11.8 Å². The molecule has 0 saturated carbocycles. The van der Waals surface area contributed by atoms with Gasteiger partial charge in [-0.05, 0) is 31.2 Å². The molecule has 1 aromatic heterocycles. The smallest absolute Gasteiger partial charge is 0.261 e.